The van der Waals surface area contributed by atoms with Crippen molar-refractivity contribution in [1.82, 2.24) is 6.15 Å². The van der Waals surface area contributed by atoms with Crippen LogP contribution in [0.15, 0.2) is 22.7 Å². The first-order valence-electron chi connectivity index (χ1n) is 2.79. The molecule has 4 heteroatoms. The quantitative estimate of drug-likeness (QED) is 0.765. The van der Waals surface area contributed by atoms with Gasteiger partial charge in [-0.25, -0.2) is 4.39 Å². The van der Waals surface area contributed by atoms with E-state index >= 15 is 0 Å². The van der Waals surface area contributed by atoms with Crippen LogP contribution < -0.4 is 6.15 Å². The standard InChI is InChI=1S/C7H6BrFO.H3N/c8-7-2-1-6(9)3-5(7)4-10;/h1-3,10H,4H2;1H3. The zero-order valence-corrected chi connectivity index (χ0v) is 7.44. The van der Waals surface area contributed by atoms with Crippen LogP contribution in [0.25, 0.3) is 0 Å². The summed E-state index contributed by atoms with van der Waals surface area (Å²) in [7, 11) is 0. The Hall–Kier alpha value is -0.450. The van der Waals surface area contributed by atoms with E-state index in [-0.39, 0.29) is 18.6 Å². The van der Waals surface area contributed by atoms with Crippen LogP contribution in [-0.2, 0) is 6.61 Å². The molecule has 0 saturated carbocycles. The lowest BCUT2D eigenvalue weighted by atomic mass is 10.2. The number of halogens is 2. The number of aliphatic hydroxyl groups is 1. The van der Waals surface area contributed by atoms with Gasteiger partial charge in [-0.1, -0.05) is 15.9 Å². The smallest absolute Gasteiger partial charge is 0.123 e. The van der Waals surface area contributed by atoms with Gasteiger partial charge in [-0.15, -0.1) is 0 Å². The minimum atomic E-state index is -0.327. The van der Waals surface area contributed by atoms with Gasteiger partial charge < -0.3 is 11.3 Å². The maximum Gasteiger partial charge on any atom is 0.123 e. The van der Waals surface area contributed by atoms with Crippen LogP contribution in [0.2, 0.25) is 0 Å². The van der Waals surface area contributed by atoms with E-state index in [4.69, 9.17) is 5.11 Å². The number of benzene rings is 1. The Morgan fingerprint density at radius 1 is 1.45 bits per heavy atom. The first-order chi connectivity index (χ1) is 4.74. The van der Waals surface area contributed by atoms with Crippen LogP contribution in [0, 0.1) is 5.82 Å². The lowest BCUT2D eigenvalue weighted by molar-refractivity contribution is 0.280. The zero-order chi connectivity index (χ0) is 7.56. The fourth-order valence-electron chi connectivity index (χ4n) is 0.664. The molecular formula is C7H9BrFNO. The van der Waals surface area contributed by atoms with E-state index in [0.29, 0.717) is 5.56 Å². The van der Waals surface area contributed by atoms with Gasteiger partial charge in [0.2, 0.25) is 0 Å². The van der Waals surface area contributed by atoms with Crippen molar-refractivity contribution in [3.05, 3.63) is 34.1 Å². The van der Waals surface area contributed by atoms with E-state index in [9.17, 15) is 4.39 Å². The number of hydrogen-bond acceptors (Lipinski definition) is 2. The molecule has 1 aromatic carbocycles. The first-order valence-corrected chi connectivity index (χ1v) is 3.58. The van der Waals surface area contributed by atoms with Gasteiger partial charge in [0.15, 0.2) is 0 Å². The normalized spacial score (nSPS) is 9.00. The van der Waals surface area contributed by atoms with E-state index in [1.165, 1.54) is 12.1 Å². The minimum Gasteiger partial charge on any atom is -0.392 e. The molecule has 0 amide bonds. The van der Waals surface area contributed by atoms with Crippen LogP contribution >= 0.6 is 15.9 Å². The van der Waals surface area contributed by atoms with Gasteiger partial charge in [0.25, 0.3) is 0 Å². The molecule has 1 aromatic rings. The van der Waals surface area contributed by atoms with Gasteiger partial charge in [-0.05, 0) is 23.8 Å². The second-order valence-electron chi connectivity index (χ2n) is 1.89. The predicted molar refractivity (Wildman–Crippen MR) is 45.0 cm³/mol. The molecule has 0 fully saturated rings. The molecule has 0 aliphatic rings. The maximum absolute atomic E-state index is 12.4. The van der Waals surface area contributed by atoms with E-state index in [0.717, 1.165) is 4.47 Å². The zero-order valence-electron chi connectivity index (χ0n) is 5.85. The Morgan fingerprint density at radius 2 is 2.09 bits per heavy atom. The summed E-state index contributed by atoms with van der Waals surface area (Å²) >= 11 is 3.16. The van der Waals surface area contributed by atoms with Crippen LogP contribution in [0.3, 0.4) is 0 Å². The van der Waals surface area contributed by atoms with Crippen molar-refractivity contribution in [2.45, 2.75) is 6.61 Å². The van der Waals surface area contributed by atoms with Crippen LogP contribution in [-0.4, -0.2) is 5.11 Å². The molecule has 0 saturated heterocycles. The summed E-state index contributed by atoms with van der Waals surface area (Å²) < 4.78 is 13.1. The van der Waals surface area contributed by atoms with Gasteiger partial charge in [-0.3, -0.25) is 0 Å². The molecule has 0 heterocycles. The third kappa shape index (κ3) is 2.57. The second-order valence-corrected chi connectivity index (χ2v) is 2.75. The predicted octanol–water partition coefficient (Wildman–Crippen LogP) is 2.24. The van der Waals surface area contributed by atoms with Crippen LogP contribution in [0.1, 0.15) is 5.56 Å². The molecule has 11 heavy (non-hydrogen) atoms. The summed E-state index contributed by atoms with van der Waals surface area (Å²) in [6, 6.07) is 4.20. The second kappa shape index (κ2) is 4.43. The minimum absolute atomic E-state index is 0. The highest BCUT2D eigenvalue weighted by molar-refractivity contribution is 9.10. The molecule has 2 nitrogen and oxygen atoms in total. The maximum atomic E-state index is 12.4. The van der Waals surface area contributed by atoms with E-state index in [1.54, 1.807) is 6.07 Å². The molecular weight excluding hydrogens is 213 g/mol. The average molecular weight is 222 g/mol. The molecule has 0 unspecified atom stereocenters. The Morgan fingerprint density at radius 3 is 2.55 bits per heavy atom. The molecule has 0 aromatic heterocycles. The number of hydrogen-bond donors (Lipinski definition) is 2. The molecule has 62 valence electrons. The fraction of sp³-hybridized carbons (Fsp3) is 0.143. The third-order valence-corrected chi connectivity index (χ3v) is 1.95. The Balaban J connectivity index is 0.000001000. The van der Waals surface area contributed by atoms with Crippen molar-refractivity contribution < 1.29 is 9.50 Å². The monoisotopic (exact) mass is 221 g/mol. The largest absolute Gasteiger partial charge is 0.392 e. The Bertz CT molecular complexity index is 242. The first kappa shape index (κ1) is 10.6. The van der Waals surface area contributed by atoms with Gasteiger partial charge in [0, 0.05) is 4.47 Å². The Kier molecular flexibility index (Phi) is 4.25. The van der Waals surface area contributed by atoms with Gasteiger partial charge in [-0.2, -0.15) is 0 Å². The lowest BCUT2D eigenvalue weighted by Gasteiger charge is -1.98. The van der Waals surface area contributed by atoms with Crippen molar-refractivity contribution in [3.63, 3.8) is 0 Å². The molecule has 0 radical (unpaired) electrons. The average Bonchev–Trinajstić information content (AvgIpc) is 1.94. The Labute approximate surface area is 72.8 Å². The van der Waals surface area contributed by atoms with Crippen molar-refractivity contribution >= 4 is 15.9 Å². The highest BCUT2D eigenvalue weighted by Gasteiger charge is 1.98. The van der Waals surface area contributed by atoms with Crippen molar-refractivity contribution in [2.75, 3.05) is 0 Å². The van der Waals surface area contributed by atoms with E-state index < -0.39 is 0 Å². The third-order valence-electron chi connectivity index (χ3n) is 1.18. The van der Waals surface area contributed by atoms with E-state index in [1.807, 2.05) is 0 Å². The van der Waals surface area contributed by atoms with Gasteiger partial charge in [0.05, 0.1) is 6.61 Å². The van der Waals surface area contributed by atoms with E-state index in [2.05, 4.69) is 15.9 Å². The van der Waals surface area contributed by atoms with Gasteiger partial charge >= 0.3 is 0 Å². The van der Waals surface area contributed by atoms with Crippen molar-refractivity contribution in [2.24, 2.45) is 0 Å². The van der Waals surface area contributed by atoms with Crippen molar-refractivity contribution in [1.29, 1.82) is 0 Å². The molecule has 0 aliphatic heterocycles. The lowest BCUT2D eigenvalue weighted by Crippen LogP contribution is -1.85. The SMILES string of the molecule is N.OCc1cc(F)ccc1Br. The topological polar surface area (TPSA) is 55.2 Å². The summed E-state index contributed by atoms with van der Waals surface area (Å²) in [5.74, 6) is -0.327. The molecule has 0 spiro atoms. The van der Waals surface area contributed by atoms with Crippen LogP contribution in [0.4, 0.5) is 4.39 Å². The fourth-order valence-corrected chi connectivity index (χ4v) is 1.04. The highest BCUT2D eigenvalue weighted by Crippen LogP contribution is 2.17. The summed E-state index contributed by atoms with van der Waals surface area (Å²) in [4.78, 5) is 0. The van der Waals surface area contributed by atoms with Gasteiger partial charge in [0.1, 0.15) is 5.82 Å². The molecule has 0 bridgehead atoms. The summed E-state index contributed by atoms with van der Waals surface area (Å²) in [5.41, 5.74) is 0.569. The molecule has 1 rings (SSSR count). The molecule has 0 atom stereocenters. The molecule has 4 N–H and O–H groups in total. The van der Waals surface area contributed by atoms with Crippen LogP contribution in [0.5, 0.6) is 0 Å². The molecule has 0 aliphatic carbocycles. The summed E-state index contributed by atoms with van der Waals surface area (Å²) in [5, 5.41) is 8.65. The number of rotatable bonds is 1. The summed E-state index contributed by atoms with van der Waals surface area (Å²) in [6.45, 7) is -0.141. The van der Waals surface area contributed by atoms with Crippen molar-refractivity contribution in [3.8, 4) is 0 Å². The summed E-state index contributed by atoms with van der Waals surface area (Å²) in [6.07, 6.45) is 0. The highest BCUT2D eigenvalue weighted by atomic mass is 79.9. The number of aliphatic hydroxyl groups excluding tert-OH is 1.